The first-order valence-electron chi connectivity index (χ1n) is 5.84. The molecule has 86 valence electrons. The molecular formula is C15H13BrO. The minimum atomic E-state index is 0.662. The van der Waals surface area contributed by atoms with Crippen molar-refractivity contribution in [1.29, 1.82) is 0 Å². The molecule has 0 amide bonds. The largest absolute Gasteiger partial charge is 0.489 e. The lowest BCUT2D eigenvalue weighted by Crippen LogP contribution is -2.06. The molecule has 1 aromatic carbocycles. The molecule has 1 aliphatic carbocycles. The molecule has 0 aromatic heterocycles. The Morgan fingerprint density at radius 1 is 1.12 bits per heavy atom. The highest BCUT2D eigenvalue weighted by Crippen LogP contribution is 2.37. The number of benzene rings is 1. The van der Waals surface area contributed by atoms with Crippen LogP contribution < -0.4 is 4.74 Å². The normalized spacial score (nSPS) is 17.9. The van der Waals surface area contributed by atoms with E-state index in [1.807, 2.05) is 12.1 Å². The Hall–Kier alpha value is -1.28. The van der Waals surface area contributed by atoms with Gasteiger partial charge in [0.2, 0.25) is 0 Å². The van der Waals surface area contributed by atoms with Gasteiger partial charge in [-0.3, -0.25) is 0 Å². The van der Waals surface area contributed by atoms with Crippen molar-refractivity contribution in [3.8, 4) is 5.75 Å². The fraction of sp³-hybridized carbons (Fsp3) is 0.200. The van der Waals surface area contributed by atoms with E-state index in [1.165, 1.54) is 16.7 Å². The van der Waals surface area contributed by atoms with Crippen LogP contribution >= 0.6 is 15.9 Å². The lowest BCUT2D eigenvalue weighted by molar-refractivity contribution is 0.357. The van der Waals surface area contributed by atoms with Gasteiger partial charge in [-0.2, -0.15) is 0 Å². The van der Waals surface area contributed by atoms with E-state index >= 15 is 0 Å². The van der Waals surface area contributed by atoms with E-state index in [9.17, 15) is 0 Å². The van der Waals surface area contributed by atoms with Gasteiger partial charge in [0, 0.05) is 10.0 Å². The molecule has 0 unspecified atom stereocenters. The van der Waals surface area contributed by atoms with Crippen LogP contribution in [0.3, 0.4) is 0 Å². The van der Waals surface area contributed by atoms with E-state index in [2.05, 4.69) is 46.3 Å². The fourth-order valence-corrected chi connectivity index (χ4v) is 2.61. The number of allylic oxidation sites excluding steroid dienone is 5. The molecule has 2 heteroatoms. The Bertz CT molecular complexity index is 538. The highest BCUT2D eigenvalue weighted by molar-refractivity contribution is 9.10. The molecule has 0 radical (unpaired) electrons. The lowest BCUT2D eigenvalue weighted by atomic mass is 9.92. The SMILES string of the molecule is Brc1ccc2c(c1)C(C1=CCCC=C1)=CCO2. The molecule has 3 rings (SSSR count). The molecule has 0 saturated carbocycles. The minimum absolute atomic E-state index is 0.662. The fourth-order valence-electron chi connectivity index (χ4n) is 2.25. The van der Waals surface area contributed by atoms with Crippen LogP contribution in [-0.4, -0.2) is 6.61 Å². The van der Waals surface area contributed by atoms with Gasteiger partial charge in [0.1, 0.15) is 12.4 Å². The van der Waals surface area contributed by atoms with Crippen LogP contribution in [0, 0.1) is 0 Å². The zero-order valence-electron chi connectivity index (χ0n) is 9.45. The third kappa shape index (κ3) is 2.09. The summed E-state index contributed by atoms with van der Waals surface area (Å²) in [5.41, 5.74) is 3.80. The monoisotopic (exact) mass is 288 g/mol. The first kappa shape index (κ1) is 10.8. The Balaban J connectivity index is 2.07. The quantitative estimate of drug-likeness (QED) is 0.739. The highest BCUT2D eigenvalue weighted by Gasteiger charge is 2.16. The molecule has 1 aliphatic heterocycles. The number of hydrogen-bond acceptors (Lipinski definition) is 1. The first-order chi connectivity index (χ1) is 8.34. The zero-order valence-corrected chi connectivity index (χ0v) is 11.0. The summed E-state index contributed by atoms with van der Waals surface area (Å²) in [5, 5.41) is 0. The standard InChI is InChI=1S/C15H13BrO/c16-12-6-7-15-14(10-12)13(8-9-17-15)11-4-2-1-3-5-11/h2,4-8,10H,1,3,9H2. The summed E-state index contributed by atoms with van der Waals surface area (Å²) in [4.78, 5) is 0. The maximum atomic E-state index is 5.65. The summed E-state index contributed by atoms with van der Waals surface area (Å²) < 4.78 is 6.74. The number of ether oxygens (including phenoxy) is 1. The second-order valence-electron chi connectivity index (χ2n) is 4.21. The van der Waals surface area contributed by atoms with Crippen LogP contribution in [0.25, 0.3) is 5.57 Å². The van der Waals surface area contributed by atoms with Gasteiger partial charge in [-0.05, 0) is 48.3 Å². The van der Waals surface area contributed by atoms with Crippen molar-refractivity contribution in [2.75, 3.05) is 6.61 Å². The van der Waals surface area contributed by atoms with E-state index in [0.29, 0.717) is 6.61 Å². The van der Waals surface area contributed by atoms with Crippen molar-refractivity contribution in [2.45, 2.75) is 12.8 Å². The molecule has 1 aromatic rings. The van der Waals surface area contributed by atoms with Crippen LogP contribution in [0.1, 0.15) is 18.4 Å². The van der Waals surface area contributed by atoms with Crippen molar-refractivity contribution >= 4 is 21.5 Å². The van der Waals surface area contributed by atoms with Crippen LogP contribution in [0.5, 0.6) is 5.75 Å². The minimum Gasteiger partial charge on any atom is -0.489 e. The molecule has 0 N–H and O–H groups in total. The molecule has 0 saturated heterocycles. The van der Waals surface area contributed by atoms with Gasteiger partial charge in [0.05, 0.1) is 0 Å². The summed E-state index contributed by atoms with van der Waals surface area (Å²) >= 11 is 3.52. The van der Waals surface area contributed by atoms with E-state index in [0.717, 1.165) is 23.1 Å². The number of rotatable bonds is 1. The summed E-state index contributed by atoms with van der Waals surface area (Å²) in [6, 6.07) is 6.18. The van der Waals surface area contributed by atoms with E-state index < -0.39 is 0 Å². The molecule has 1 nitrogen and oxygen atoms in total. The maximum absolute atomic E-state index is 5.65. The summed E-state index contributed by atoms with van der Waals surface area (Å²) in [7, 11) is 0. The highest BCUT2D eigenvalue weighted by atomic mass is 79.9. The Morgan fingerprint density at radius 3 is 2.88 bits per heavy atom. The predicted octanol–water partition coefficient (Wildman–Crippen LogP) is 4.50. The van der Waals surface area contributed by atoms with Gasteiger partial charge in [0.25, 0.3) is 0 Å². The third-order valence-electron chi connectivity index (χ3n) is 3.06. The van der Waals surface area contributed by atoms with Crippen molar-refractivity contribution < 1.29 is 4.74 Å². The van der Waals surface area contributed by atoms with E-state index in [4.69, 9.17) is 4.74 Å². The van der Waals surface area contributed by atoms with Crippen molar-refractivity contribution in [1.82, 2.24) is 0 Å². The first-order valence-corrected chi connectivity index (χ1v) is 6.64. The molecular weight excluding hydrogens is 276 g/mol. The molecule has 0 atom stereocenters. The topological polar surface area (TPSA) is 9.23 Å². The van der Waals surface area contributed by atoms with Gasteiger partial charge in [0.15, 0.2) is 0 Å². The molecule has 0 spiro atoms. The van der Waals surface area contributed by atoms with Gasteiger partial charge < -0.3 is 4.74 Å². The molecule has 1 heterocycles. The second-order valence-corrected chi connectivity index (χ2v) is 5.12. The van der Waals surface area contributed by atoms with Crippen molar-refractivity contribution in [2.24, 2.45) is 0 Å². The maximum Gasteiger partial charge on any atom is 0.127 e. The molecule has 17 heavy (non-hydrogen) atoms. The van der Waals surface area contributed by atoms with Gasteiger partial charge in [-0.25, -0.2) is 0 Å². The van der Waals surface area contributed by atoms with Gasteiger partial charge in [-0.1, -0.05) is 34.2 Å². The van der Waals surface area contributed by atoms with Crippen LogP contribution in [0.2, 0.25) is 0 Å². The molecule has 0 fully saturated rings. The molecule has 0 bridgehead atoms. The number of fused-ring (bicyclic) bond motifs is 1. The number of halogens is 1. The Labute approximate surface area is 110 Å². The van der Waals surface area contributed by atoms with Crippen molar-refractivity contribution in [3.05, 3.63) is 58.1 Å². The summed E-state index contributed by atoms with van der Waals surface area (Å²) in [6.07, 6.45) is 11.2. The number of hydrogen-bond donors (Lipinski definition) is 0. The summed E-state index contributed by atoms with van der Waals surface area (Å²) in [5.74, 6) is 0.977. The van der Waals surface area contributed by atoms with Crippen LogP contribution in [-0.2, 0) is 0 Å². The van der Waals surface area contributed by atoms with Crippen LogP contribution in [0.15, 0.2) is 52.5 Å². The predicted molar refractivity (Wildman–Crippen MR) is 74.1 cm³/mol. The zero-order chi connectivity index (χ0) is 11.7. The van der Waals surface area contributed by atoms with Crippen LogP contribution in [0.4, 0.5) is 0 Å². The second kappa shape index (κ2) is 4.53. The van der Waals surface area contributed by atoms with E-state index in [-0.39, 0.29) is 0 Å². The average molecular weight is 289 g/mol. The molecule has 2 aliphatic rings. The van der Waals surface area contributed by atoms with Gasteiger partial charge in [-0.15, -0.1) is 0 Å². The summed E-state index contributed by atoms with van der Waals surface area (Å²) in [6.45, 7) is 0.662. The van der Waals surface area contributed by atoms with Crippen molar-refractivity contribution in [3.63, 3.8) is 0 Å². The Kier molecular flexibility index (Phi) is 2.89. The average Bonchev–Trinajstić information content (AvgIpc) is 2.39. The third-order valence-corrected chi connectivity index (χ3v) is 3.56. The van der Waals surface area contributed by atoms with Gasteiger partial charge >= 0.3 is 0 Å². The Morgan fingerprint density at radius 2 is 2.06 bits per heavy atom. The smallest absolute Gasteiger partial charge is 0.127 e. The van der Waals surface area contributed by atoms with E-state index in [1.54, 1.807) is 0 Å². The lowest BCUT2D eigenvalue weighted by Gasteiger charge is -2.20.